The highest BCUT2D eigenvalue weighted by Crippen LogP contribution is 2.07. The lowest BCUT2D eigenvalue weighted by molar-refractivity contribution is -0.150. The van der Waals surface area contributed by atoms with E-state index in [4.69, 9.17) is 4.74 Å². The smallest absolute Gasteiger partial charge is 0.316 e. The molecule has 0 radical (unpaired) electrons. The number of carbonyl (C=O) groups is 2. The number of carbonyl (C=O) groups excluding carboxylic acids is 2. The Hall–Kier alpha value is -1.12. The molecule has 1 unspecified atom stereocenters. The number of ether oxygens (including phenoxy) is 1. The van der Waals surface area contributed by atoms with Crippen LogP contribution in [-0.4, -0.2) is 18.4 Å². The van der Waals surface area contributed by atoms with Crippen molar-refractivity contribution >= 4 is 11.8 Å². The number of rotatable bonds is 5. The largest absolute Gasteiger partial charge is 0.465 e. The van der Waals surface area contributed by atoms with Crippen molar-refractivity contribution in [1.82, 2.24) is 0 Å². The molecule has 0 N–H and O–H groups in total. The lowest BCUT2D eigenvalue weighted by atomic mass is 10.0. The van der Waals surface area contributed by atoms with Crippen molar-refractivity contribution in [1.29, 1.82) is 0 Å². The number of hydrogen-bond acceptors (Lipinski definition) is 3. The van der Waals surface area contributed by atoms with Gasteiger partial charge in [0.1, 0.15) is 11.7 Å². The molecular formula is C9H14O3. The monoisotopic (exact) mass is 170 g/mol. The first-order chi connectivity index (χ1) is 5.63. The minimum atomic E-state index is -0.664. The summed E-state index contributed by atoms with van der Waals surface area (Å²) < 4.78 is 4.71. The second kappa shape index (κ2) is 5.52. The predicted molar refractivity (Wildman–Crippen MR) is 45.6 cm³/mol. The van der Waals surface area contributed by atoms with Crippen LogP contribution < -0.4 is 0 Å². The summed E-state index contributed by atoms with van der Waals surface area (Å²) in [6.07, 6.45) is 1.90. The number of ketones is 1. The molecule has 3 nitrogen and oxygen atoms in total. The molecule has 0 heterocycles. The predicted octanol–water partition coefficient (Wildman–Crippen LogP) is 1.33. The highest BCUT2D eigenvalue weighted by atomic mass is 16.5. The van der Waals surface area contributed by atoms with Crippen molar-refractivity contribution in [2.45, 2.75) is 20.3 Å². The van der Waals surface area contributed by atoms with E-state index in [9.17, 15) is 9.59 Å². The van der Waals surface area contributed by atoms with E-state index < -0.39 is 11.9 Å². The molecule has 3 heteroatoms. The van der Waals surface area contributed by atoms with Gasteiger partial charge in [0.25, 0.3) is 0 Å². The summed E-state index contributed by atoms with van der Waals surface area (Å²) in [4.78, 5) is 22.0. The maximum absolute atomic E-state index is 11.1. The Balaban J connectivity index is 4.18. The first kappa shape index (κ1) is 10.9. The highest BCUT2D eigenvalue weighted by Gasteiger charge is 2.22. The van der Waals surface area contributed by atoms with Gasteiger partial charge in [0.2, 0.25) is 0 Å². The summed E-state index contributed by atoms with van der Waals surface area (Å²) in [5, 5.41) is 0. The molecule has 12 heavy (non-hydrogen) atoms. The summed E-state index contributed by atoms with van der Waals surface area (Å²) in [7, 11) is 0. The van der Waals surface area contributed by atoms with Gasteiger partial charge in [-0.05, 0) is 20.3 Å². The van der Waals surface area contributed by atoms with Gasteiger partial charge in [0.15, 0.2) is 0 Å². The summed E-state index contributed by atoms with van der Waals surface area (Å²) in [5.74, 6) is -1.29. The van der Waals surface area contributed by atoms with E-state index >= 15 is 0 Å². The summed E-state index contributed by atoms with van der Waals surface area (Å²) in [5.41, 5.74) is 0. The summed E-state index contributed by atoms with van der Waals surface area (Å²) in [6, 6.07) is 0. The third-order valence-electron chi connectivity index (χ3n) is 1.46. The fourth-order valence-corrected chi connectivity index (χ4v) is 0.838. The van der Waals surface area contributed by atoms with E-state index in [1.54, 1.807) is 13.0 Å². The molecule has 1 atom stereocenters. The zero-order chi connectivity index (χ0) is 9.56. The van der Waals surface area contributed by atoms with E-state index in [1.807, 2.05) is 0 Å². The zero-order valence-corrected chi connectivity index (χ0v) is 7.50. The number of hydrogen-bond donors (Lipinski definition) is 0. The minimum Gasteiger partial charge on any atom is -0.465 e. The first-order valence-electron chi connectivity index (χ1n) is 3.91. The van der Waals surface area contributed by atoms with Crippen molar-refractivity contribution in [2.24, 2.45) is 5.92 Å². The molecular weight excluding hydrogens is 156 g/mol. The molecule has 0 aliphatic heterocycles. The van der Waals surface area contributed by atoms with Crippen LogP contribution in [0.1, 0.15) is 20.3 Å². The Morgan fingerprint density at radius 1 is 1.58 bits per heavy atom. The second-order valence-electron chi connectivity index (χ2n) is 2.44. The molecule has 0 amide bonds. The van der Waals surface area contributed by atoms with Crippen LogP contribution in [0, 0.1) is 5.92 Å². The van der Waals surface area contributed by atoms with Crippen molar-refractivity contribution in [2.75, 3.05) is 6.61 Å². The maximum atomic E-state index is 11.1. The van der Waals surface area contributed by atoms with Gasteiger partial charge >= 0.3 is 5.97 Å². The molecule has 0 aliphatic carbocycles. The van der Waals surface area contributed by atoms with E-state index in [2.05, 4.69) is 6.58 Å². The standard InChI is InChI=1S/C9H14O3/c1-4-6-8(7(3)10)9(11)12-5-2/h4,8H,1,5-6H2,2-3H3. The molecule has 0 saturated heterocycles. The molecule has 0 aliphatic rings. The maximum Gasteiger partial charge on any atom is 0.316 e. The van der Waals surface area contributed by atoms with E-state index in [0.717, 1.165) is 0 Å². The lowest BCUT2D eigenvalue weighted by Crippen LogP contribution is -2.23. The van der Waals surface area contributed by atoms with Crippen molar-refractivity contribution in [3.05, 3.63) is 12.7 Å². The van der Waals surface area contributed by atoms with Crippen LogP contribution in [-0.2, 0) is 14.3 Å². The molecule has 0 bridgehead atoms. The van der Waals surface area contributed by atoms with Crippen molar-refractivity contribution < 1.29 is 14.3 Å². The van der Waals surface area contributed by atoms with Gasteiger partial charge in [0, 0.05) is 0 Å². The normalized spacial score (nSPS) is 11.8. The summed E-state index contributed by atoms with van der Waals surface area (Å²) >= 11 is 0. The van der Waals surface area contributed by atoms with Crippen LogP contribution in [0.25, 0.3) is 0 Å². The fourth-order valence-electron chi connectivity index (χ4n) is 0.838. The number of Topliss-reactive ketones (excluding diaryl/α,β-unsaturated/α-hetero) is 1. The Morgan fingerprint density at radius 2 is 2.17 bits per heavy atom. The van der Waals surface area contributed by atoms with Crippen LogP contribution in [0.4, 0.5) is 0 Å². The van der Waals surface area contributed by atoms with E-state index in [-0.39, 0.29) is 5.78 Å². The van der Waals surface area contributed by atoms with Crippen LogP contribution in [0.5, 0.6) is 0 Å². The van der Waals surface area contributed by atoms with Gasteiger partial charge < -0.3 is 4.74 Å². The highest BCUT2D eigenvalue weighted by molar-refractivity contribution is 5.97. The van der Waals surface area contributed by atoms with Crippen molar-refractivity contribution in [3.63, 3.8) is 0 Å². The van der Waals surface area contributed by atoms with Gasteiger partial charge in [-0.25, -0.2) is 0 Å². The van der Waals surface area contributed by atoms with Gasteiger partial charge in [0.05, 0.1) is 6.61 Å². The third-order valence-corrected chi connectivity index (χ3v) is 1.46. The molecule has 0 aromatic heterocycles. The minimum absolute atomic E-state index is 0.173. The van der Waals surface area contributed by atoms with Crippen LogP contribution in [0.15, 0.2) is 12.7 Å². The first-order valence-corrected chi connectivity index (χ1v) is 3.91. The van der Waals surface area contributed by atoms with Crippen LogP contribution in [0.2, 0.25) is 0 Å². The fraction of sp³-hybridized carbons (Fsp3) is 0.556. The Bertz CT molecular complexity index is 184. The van der Waals surface area contributed by atoms with E-state index in [0.29, 0.717) is 13.0 Å². The van der Waals surface area contributed by atoms with Crippen LogP contribution in [0.3, 0.4) is 0 Å². The number of esters is 1. The Labute approximate surface area is 72.4 Å². The Kier molecular flexibility index (Phi) is 5.00. The lowest BCUT2D eigenvalue weighted by Gasteiger charge is -2.09. The molecule has 0 saturated carbocycles. The average Bonchev–Trinajstić information content (AvgIpc) is 1.99. The van der Waals surface area contributed by atoms with Gasteiger partial charge in [-0.1, -0.05) is 6.08 Å². The zero-order valence-electron chi connectivity index (χ0n) is 7.50. The van der Waals surface area contributed by atoms with E-state index in [1.165, 1.54) is 6.92 Å². The Morgan fingerprint density at radius 3 is 2.50 bits per heavy atom. The molecule has 68 valence electrons. The molecule has 0 aromatic rings. The van der Waals surface area contributed by atoms with Crippen molar-refractivity contribution in [3.8, 4) is 0 Å². The van der Waals surface area contributed by atoms with Gasteiger partial charge in [-0.15, -0.1) is 6.58 Å². The van der Waals surface area contributed by atoms with Gasteiger partial charge in [-0.2, -0.15) is 0 Å². The molecule has 0 aromatic carbocycles. The average molecular weight is 170 g/mol. The third kappa shape index (κ3) is 3.32. The molecule has 0 fully saturated rings. The molecule has 0 rings (SSSR count). The van der Waals surface area contributed by atoms with Gasteiger partial charge in [-0.3, -0.25) is 9.59 Å². The van der Waals surface area contributed by atoms with Crippen LogP contribution >= 0.6 is 0 Å². The number of allylic oxidation sites excluding steroid dienone is 1. The second-order valence-corrected chi connectivity index (χ2v) is 2.44. The quantitative estimate of drug-likeness (QED) is 0.355. The SMILES string of the molecule is C=CCC(C(C)=O)C(=O)OCC. The summed E-state index contributed by atoms with van der Waals surface area (Å²) in [6.45, 7) is 6.86. The topological polar surface area (TPSA) is 43.4 Å². The molecule has 0 spiro atoms.